The number of carbonyl (C=O) groups is 1. The molecule has 0 unspecified atom stereocenters. The van der Waals surface area contributed by atoms with E-state index in [0.717, 1.165) is 24.8 Å². The Hall–Kier alpha value is -1.40. The Balaban J connectivity index is 2.31. The number of nitrogens with one attached hydrogen (secondary N) is 1. The number of hydrogen-bond donors (Lipinski definition) is 1. The molecule has 0 atom stereocenters. The topological polar surface area (TPSA) is 66.5 Å². The van der Waals surface area contributed by atoms with Crippen molar-refractivity contribution in [3.8, 4) is 0 Å². The molecule has 1 aromatic carbocycles. The van der Waals surface area contributed by atoms with Crippen LogP contribution in [0.1, 0.15) is 45.6 Å². The largest absolute Gasteiger partial charge is 0.325 e. The Kier molecular flexibility index (Phi) is 5.16. The summed E-state index contributed by atoms with van der Waals surface area (Å²) in [6.07, 6.45) is 2.88. The van der Waals surface area contributed by atoms with Crippen LogP contribution in [0.25, 0.3) is 0 Å². The molecule has 2 rings (SSSR count). The predicted octanol–water partition coefficient (Wildman–Crippen LogP) is 3.15. The van der Waals surface area contributed by atoms with Crippen LogP contribution in [0.3, 0.4) is 0 Å². The SMILES string of the molecule is Cc1ccc(S(=O)(=O)N2CCCCC2)cc1NC(=O)C(C)(C)C. The maximum Gasteiger partial charge on any atom is 0.243 e. The van der Waals surface area contributed by atoms with Gasteiger partial charge in [-0.2, -0.15) is 4.31 Å². The Morgan fingerprint density at radius 2 is 1.74 bits per heavy atom. The van der Waals surface area contributed by atoms with Crippen LogP contribution in [0.5, 0.6) is 0 Å². The van der Waals surface area contributed by atoms with Crippen LogP contribution in [-0.2, 0) is 14.8 Å². The molecule has 23 heavy (non-hydrogen) atoms. The third-order valence-corrected chi connectivity index (χ3v) is 5.99. The van der Waals surface area contributed by atoms with E-state index in [2.05, 4.69) is 5.32 Å². The van der Waals surface area contributed by atoms with Gasteiger partial charge in [0.05, 0.1) is 4.90 Å². The second kappa shape index (κ2) is 6.61. The van der Waals surface area contributed by atoms with Crippen LogP contribution in [0, 0.1) is 12.3 Å². The molecule has 5 nitrogen and oxygen atoms in total. The first-order chi connectivity index (χ1) is 10.6. The molecule has 1 aromatic rings. The Morgan fingerprint density at radius 1 is 1.13 bits per heavy atom. The quantitative estimate of drug-likeness (QED) is 0.920. The maximum atomic E-state index is 12.7. The maximum absolute atomic E-state index is 12.7. The number of carbonyl (C=O) groups excluding carboxylic acids is 1. The number of nitrogens with zero attached hydrogens (tertiary/aromatic N) is 1. The normalized spacial score (nSPS) is 17.0. The van der Waals surface area contributed by atoms with Gasteiger partial charge >= 0.3 is 0 Å². The molecule has 1 aliphatic heterocycles. The van der Waals surface area contributed by atoms with E-state index in [1.54, 1.807) is 18.2 Å². The minimum atomic E-state index is -3.49. The minimum absolute atomic E-state index is 0.131. The highest BCUT2D eigenvalue weighted by molar-refractivity contribution is 7.89. The number of amides is 1. The van der Waals surface area contributed by atoms with Crippen molar-refractivity contribution >= 4 is 21.6 Å². The molecule has 0 spiro atoms. The van der Waals surface area contributed by atoms with Gasteiger partial charge in [-0.05, 0) is 37.5 Å². The molecular formula is C17H26N2O3S. The van der Waals surface area contributed by atoms with E-state index in [1.807, 2.05) is 27.7 Å². The van der Waals surface area contributed by atoms with E-state index in [1.165, 1.54) is 4.31 Å². The molecule has 6 heteroatoms. The zero-order valence-corrected chi connectivity index (χ0v) is 15.2. The average molecular weight is 338 g/mol. The van der Waals surface area contributed by atoms with Crippen molar-refractivity contribution in [3.63, 3.8) is 0 Å². The Morgan fingerprint density at radius 3 is 2.30 bits per heavy atom. The summed E-state index contributed by atoms with van der Waals surface area (Å²) in [6, 6.07) is 4.93. The molecule has 1 fully saturated rings. The fourth-order valence-corrected chi connectivity index (χ4v) is 4.00. The Labute approximate surface area is 139 Å². The molecule has 0 radical (unpaired) electrons. The number of benzene rings is 1. The van der Waals surface area contributed by atoms with Gasteiger partial charge in [-0.3, -0.25) is 4.79 Å². The van der Waals surface area contributed by atoms with Crippen LogP contribution in [0.2, 0.25) is 0 Å². The summed E-state index contributed by atoms with van der Waals surface area (Å²) >= 11 is 0. The van der Waals surface area contributed by atoms with Gasteiger partial charge in [0.15, 0.2) is 0 Å². The van der Waals surface area contributed by atoms with Gasteiger partial charge in [0.2, 0.25) is 15.9 Å². The molecule has 0 saturated carbocycles. The molecule has 0 aliphatic carbocycles. The van der Waals surface area contributed by atoms with Gasteiger partial charge in [0.1, 0.15) is 0 Å². The first kappa shape index (κ1) is 17.9. The van der Waals surface area contributed by atoms with E-state index in [4.69, 9.17) is 0 Å². The van der Waals surface area contributed by atoms with E-state index in [-0.39, 0.29) is 10.8 Å². The Bertz CT molecular complexity index is 684. The molecular weight excluding hydrogens is 312 g/mol. The summed E-state index contributed by atoms with van der Waals surface area (Å²) in [5.74, 6) is -0.131. The van der Waals surface area contributed by atoms with Crippen molar-refractivity contribution in [2.45, 2.75) is 51.9 Å². The third kappa shape index (κ3) is 4.12. The average Bonchev–Trinajstić information content (AvgIpc) is 2.49. The number of piperidine rings is 1. The van der Waals surface area contributed by atoms with Crippen molar-refractivity contribution < 1.29 is 13.2 Å². The van der Waals surface area contributed by atoms with Crippen molar-refractivity contribution in [3.05, 3.63) is 23.8 Å². The summed E-state index contributed by atoms with van der Waals surface area (Å²) < 4.78 is 27.0. The van der Waals surface area contributed by atoms with E-state index >= 15 is 0 Å². The van der Waals surface area contributed by atoms with Gasteiger partial charge in [0, 0.05) is 24.2 Å². The molecule has 1 aliphatic rings. The second-order valence-corrected chi connectivity index (χ2v) is 9.08. The lowest BCUT2D eigenvalue weighted by Gasteiger charge is -2.26. The highest BCUT2D eigenvalue weighted by atomic mass is 32.2. The first-order valence-electron chi connectivity index (χ1n) is 8.04. The molecule has 1 N–H and O–H groups in total. The van der Waals surface area contributed by atoms with Crippen LogP contribution in [-0.4, -0.2) is 31.7 Å². The van der Waals surface area contributed by atoms with E-state index in [0.29, 0.717) is 18.8 Å². The summed E-state index contributed by atoms with van der Waals surface area (Å²) in [6.45, 7) is 8.47. The number of aryl methyl sites for hydroxylation is 1. The summed E-state index contributed by atoms with van der Waals surface area (Å²) in [5.41, 5.74) is 0.872. The number of anilines is 1. The van der Waals surface area contributed by atoms with Gasteiger partial charge in [-0.15, -0.1) is 0 Å². The van der Waals surface area contributed by atoms with E-state index in [9.17, 15) is 13.2 Å². The second-order valence-electron chi connectivity index (χ2n) is 7.15. The number of hydrogen-bond acceptors (Lipinski definition) is 3. The lowest BCUT2D eigenvalue weighted by atomic mass is 9.95. The van der Waals surface area contributed by atoms with Gasteiger partial charge < -0.3 is 5.32 Å². The fraction of sp³-hybridized carbons (Fsp3) is 0.588. The monoisotopic (exact) mass is 338 g/mol. The molecule has 0 bridgehead atoms. The van der Waals surface area contributed by atoms with Crippen LogP contribution >= 0.6 is 0 Å². The third-order valence-electron chi connectivity index (χ3n) is 4.09. The summed E-state index contributed by atoms with van der Waals surface area (Å²) in [4.78, 5) is 12.4. The zero-order chi connectivity index (χ0) is 17.3. The number of sulfonamides is 1. The minimum Gasteiger partial charge on any atom is -0.325 e. The molecule has 1 heterocycles. The van der Waals surface area contributed by atoms with Crippen molar-refractivity contribution in [1.82, 2.24) is 4.31 Å². The van der Waals surface area contributed by atoms with Crippen LogP contribution in [0.4, 0.5) is 5.69 Å². The highest BCUT2D eigenvalue weighted by Crippen LogP contribution is 2.26. The van der Waals surface area contributed by atoms with Crippen LogP contribution < -0.4 is 5.32 Å². The molecule has 1 saturated heterocycles. The van der Waals surface area contributed by atoms with Crippen LogP contribution in [0.15, 0.2) is 23.1 Å². The predicted molar refractivity (Wildman–Crippen MR) is 91.9 cm³/mol. The molecule has 128 valence electrons. The van der Waals surface area contributed by atoms with Gasteiger partial charge in [-0.1, -0.05) is 33.3 Å². The lowest BCUT2D eigenvalue weighted by molar-refractivity contribution is -0.123. The first-order valence-corrected chi connectivity index (χ1v) is 9.48. The lowest BCUT2D eigenvalue weighted by Crippen LogP contribution is -2.35. The van der Waals surface area contributed by atoms with Crippen molar-refractivity contribution in [2.75, 3.05) is 18.4 Å². The van der Waals surface area contributed by atoms with E-state index < -0.39 is 15.4 Å². The summed E-state index contributed by atoms with van der Waals surface area (Å²) in [7, 11) is -3.49. The van der Waals surface area contributed by atoms with Crippen molar-refractivity contribution in [1.29, 1.82) is 0 Å². The van der Waals surface area contributed by atoms with Gasteiger partial charge in [-0.25, -0.2) is 8.42 Å². The fourth-order valence-electron chi connectivity index (χ4n) is 2.46. The molecule has 0 aromatic heterocycles. The smallest absolute Gasteiger partial charge is 0.243 e. The summed E-state index contributed by atoms with van der Waals surface area (Å²) in [5, 5.41) is 2.84. The number of rotatable bonds is 3. The zero-order valence-electron chi connectivity index (χ0n) is 14.3. The standard InChI is InChI=1S/C17H26N2O3S/c1-13-8-9-14(12-15(13)18-16(20)17(2,3)4)23(21,22)19-10-6-5-7-11-19/h8-9,12H,5-7,10-11H2,1-4H3,(H,18,20). The van der Waals surface area contributed by atoms with Crippen molar-refractivity contribution in [2.24, 2.45) is 5.41 Å². The highest BCUT2D eigenvalue weighted by Gasteiger charge is 2.27. The van der Waals surface area contributed by atoms with Gasteiger partial charge in [0.25, 0.3) is 0 Å². The molecule has 1 amide bonds.